The summed E-state index contributed by atoms with van der Waals surface area (Å²) in [4.78, 5) is 168. The van der Waals surface area contributed by atoms with Crippen molar-refractivity contribution in [3.05, 3.63) is 12.2 Å². The van der Waals surface area contributed by atoms with E-state index in [-0.39, 0.29) is 49.9 Å². The van der Waals surface area contributed by atoms with Crippen LogP contribution in [0.25, 0.3) is 0 Å². The van der Waals surface area contributed by atoms with Gasteiger partial charge in [0.1, 0.15) is 60.4 Å². The Morgan fingerprint density at radius 3 is 1.44 bits per heavy atom. The predicted octanol–water partition coefficient (Wildman–Crippen LogP) is 2.77. The minimum atomic E-state index is -1.64. The number of nitriles is 1. The number of carbonyl (C=O) groups is 11. The van der Waals surface area contributed by atoms with Gasteiger partial charge in [0, 0.05) is 55.8 Å². The van der Waals surface area contributed by atoms with Gasteiger partial charge in [-0.3, -0.25) is 52.7 Å². The number of aliphatic hydroxyl groups excluding tert-OH is 1. The van der Waals surface area contributed by atoms with Gasteiger partial charge in [-0.1, -0.05) is 102 Å². The van der Waals surface area contributed by atoms with Crippen molar-refractivity contribution in [1.29, 1.82) is 5.26 Å². The second-order valence-electron chi connectivity index (χ2n) is 25.7. The first kappa shape index (κ1) is 77.4. The summed E-state index contributed by atoms with van der Waals surface area (Å²) in [5, 5.41) is 32.7. The Morgan fingerprint density at radius 2 is 0.977 bits per heavy atom. The minimum absolute atomic E-state index is 0.0130. The number of hydrogen-bond donors (Lipinski definition) is 5. The molecule has 0 aliphatic carbocycles. The second kappa shape index (κ2) is 35.2. The van der Waals surface area contributed by atoms with Gasteiger partial charge in [-0.25, -0.2) is 0 Å². The molecule has 1 fully saturated rings. The lowest BCUT2D eigenvalue weighted by atomic mass is 9.91. The molecule has 24 heteroatoms. The maximum atomic E-state index is 15.1. The van der Waals surface area contributed by atoms with Gasteiger partial charge in [0.15, 0.2) is 0 Å². The van der Waals surface area contributed by atoms with E-state index in [9.17, 15) is 53.5 Å². The summed E-state index contributed by atoms with van der Waals surface area (Å²) >= 11 is 0. The van der Waals surface area contributed by atoms with Crippen LogP contribution in [-0.2, 0) is 52.7 Å². The van der Waals surface area contributed by atoms with Crippen LogP contribution < -0.4 is 21.3 Å². The Bertz CT molecular complexity index is 2430. The highest BCUT2D eigenvalue weighted by atomic mass is 16.3. The molecular weight excluding hydrogens is 1100 g/mol. The molecule has 1 aliphatic heterocycles. The topological polar surface area (TPSA) is 303 Å². The summed E-state index contributed by atoms with van der Waals surface area (Å²) in [7, 11) is 9.69. The number of hydrogen-bond acceptors (Lipinski definition) is 13. The van der Waals surface area contributed by atoms with Crippen LogP contribution in [0.15, 0.2) is 12.2 Å². The number of nitrogens with zero attached hydrogens (tertiary/aromatic N) is 8. The standard InChI is InChI=1S/C62H108N12O12/c1-24-26-27-40(14)52(76)51-56(80)66-43(25-2)58(82)68(17)33-47(75)72(21)50(39(13)28-29-63)55(79)67-48(37(9)10)61(85)69(18)44(30-34(3)4)54(78)64-41(15)53(77)65-42(16)57(81)70(19)45(31-35(5)6)59(83)71(20)46(32-36(7)8)60(84)73(22)49(38(11)12)62(86)74(51)23/h24,26,34-46,48-52,76H,25,27-28,30-33H2,1-23H3,(H,64,78)(H,65,77)(H,66,80)(H,67,79)/b26-24+/t39-,40-,41+,42-,43+,44+,45+,46+,48?,49?,50+,51+,52-/m1/s1. The summed E-state index contributed by atoms with van der Waals surface area (Å²) in [6.45, 7) is 26.8. The van der Waals surface area contributed by atoms with Crippen LogP contribution in [-0.4, -0.2) is 227 Å². The Labute approximate surface area is 513 Å². The van der Waals surface area contributed by atoms with Crippen LogP contribution in [0, 0.1) is 52.8 Å². The van der Waals surface area contributed by atoms with Gasteiger partial charge >= 0.3 is 0 Å². The van der Waals surface area contributed by atoms with E-state index in [1.165, 1.54) is 82.8 Å². The van der Waals surface area contributed by atoms with Crippen LogP contribution in [0.1, 0.15) is 149 Å². The van der Waals surface area contributed by atoms with Gasteiger partial charge in [-0.15, -0.1) is 0 Å². The molecule has 1 aliphatic rings. The smallest absolute Gasteiger partial charge is 0.246 e. The number of nitrogens with one attached hydrogen (secondary N) is 4. The maximum absolute atomic E-state index is 15.1. The van der Waals surface area contributed by atoms with E-state index in [0.29, 0.717) is 6.42 Å². The normalized spacial score (nSPS) is 26.9. The molecule has 1 rings (SSSR count). The van der Waals surface area contributed by atoms with Gasteiger partial charge in [-0.05, 0) is 94.3 Å². The monoisotopic (exact) mass is 1210 g/mol. The fourth-order valence-corrected chi connectivity index (χ4v) is 10.8. The number of aliphatic hydroxyl groups is 1. The molecule has 13 atom stereocenters. The predicted molar refractivity (Wildman–Crippen MR) is 328 cm³/mol. The Balaban J connectivity index is 4.36. The first-order valence-corrected chi connectivity index (χ1v) is 30.5. The van der Waals surface area contributed by atoms with E-state index < -0.39 is 162 Å². The van der Waals surface area contributed by atoms with E-state index in [1.807, 2.05) is 47.6 Å². The minimum Gasteiger partial charge on any atom is -0.390 e. The van der Waals surface area contributed by atoms with E-state index in [4.69, 9.17) is 0 Å². The fourth-order valence-electron chi connectivity index (χ4n) is 10.8. The van der Waals surface area contributed by atoms with Crippen molar-refractivity contribution in [3.8, 4) is 6.07 Å². The first-order chi connectivity index (χ1) is 39.8. The van der Waals surface area contributed by atoms with E-state index >= 15 is 9.59 Å². The molecule has 0 radical (unpaired) electrons. The highest BCUT2D eigenvalue weighted by Gasteiger charge is 2.46. The zero-order valence-corrected chi connectivity index (χ0v) is 56.0. The summed E-state index contributed by atoms with van der Waals surface area (Å²) in [5.41, 5.74) is 0. The SMILES string of the molecule is C/C=C/C[C@@H](C)[C@@H](O)[C@H]1C(=O)N[C@@H](CC)C(=O)N(C)CC(=O)N(C)[C@@H]([C@H](C)CC#N)C(=O)NC(C(C)C)C(=O)N(C)[C@@H](CC(C)C)C(=O)N[C@@H](C)C(=O)N[C@H](C)C(=O)N(C)[C@@H](CC(C)C)C(=O)N(C)[C@@H](CC(C)C)C(=O)N(C)C(C(C)C)C(=O)N1C. The average Bonchev–Trinajstić information content (AvgIpc) is 1.16. The molecule has 5 N–H and O–H groups in total. The van der Waals surface area contributed by atoms with Crippen LogP contribution in [0.3, 0.4) is 0 Å². The van der Waals surface area contributed by atoms with Gasteiger partial charge in [-0.2, -0.15) is 5.26 Å². The lowest BCUT2D eigenvalue weighted by Crippen LogP contribution is -2.63. The molecule has 488 valence electrons. The largest absolute Gasteiger partial charge is 0.390 e. The molecule has 0 bridgehead atoms. The van der Waals surface area contributed by atoms with Gasteiger partial charge in [0.05, 0.1) is 18.7 Å². The number of rotatable bonds is 15. The third-order valence-corrected chi connectivity index (χ3v) is 16.2. The van der Waals surface area contributed by atoms with Crippen molar-refractivity contribution < 1.29 is 57.8 Å². The van der Waals surface area contributed by atoms with Gasteiger partial charge in [0.25, 0.3) is 0 Å². The fraction of sp³-hybridized carbons (Fsp3) is 0.774. The Hall–Kier alpha value is -6.64. The van der Waals surface area contributed by atoms with Crippen molar-refractivity contribution in [2.24, 2.45) is 41.4 Å². The summed E-state index contributed by atoms with van der Waals surface area (Å²) in [6.07, 6.45) is 2.53. The molecule has 11 amide bonds. The van der Waals surface area contributed by atoms with E-state index in [0.717, 1.165) is 14.7 Å². The molecule has 24 nitrogen and oxygen atoms in total. The second-order valence-corrected chi connectivity index (χ2v) is 25.7. The molecule has 2 unspecified atom stereocenters. The van der Waals surface area contributed by atoms with Crippen molar-refractivity contribution in [2.45, 2.75) is 216 Å². The van der Waals surface area contributed by atoms with Gasteiger partial charge < -0.3 is 60.7 Å². The molecular formula is C62H108N12O12. The zero-order chi connectivity index (χ0) is 66.7. The highest BCUT2D eigenvalue weighted by Crippen LogP contribution is 2.26. The molecule has 0 aromatic rings. The molecule has 0 aromatic carbocycles. The quantitative estimate of drug-likeness (QED) is 0.148. The van der Waals surface area contributed by atoms with Crippen LogP contribution in [0.4, 0.5) is 0 Å². The van der Waals surface area contributed by atoms with Crippen LogP contribution in [0.5, 0.6) is 0 Å². The summed E-state index contributed by atoms with van der Waals surface area (Å²) in [5.74, 6) is -11.0. The maximum Gasteiger partial charge on any atom is 0.246 e. The van der Waals surface area contributed by atoms with Crippen molar-refractivity contribution in [1.82, 2.24) is 55.6 Å². The van der Waals surface area contributed by atoms with E-state index in [2.05, 4.69) is 21.3 Å². The lowest BCUT2D eigenvalue weighted by molar-refractivity contribution is -0.157. The Morgan fingerprint density at radius 1 is 0.523 bits per heavy atom. The van der Waals surface area contributed by atoms with E-state index in [1.54, 1.807) is 67.5 Å². The highest BCUT2D eigenvalue weighted by molar-refractivity contribution is 5.99. The summed E-state index contributed by atoms with van der Waals surface area (Å²) < 4.78 is 0. The zero-order valence-electron chi connectivity index (χ0n) is 56.0. The molecule has 86 heavy (non-hydrogen) atoms. The third kappa shape index (κ3) is 21.1. The first-order valence-electron chi connectivity index (χ1n) is 30.5. The lowest BCUT2D eigenvalue weighted by Gasteiger charge is -2.41. The molecule has 1 saturated heterocycles. The van der Waals surface area contributed by atoms with Crippen molar-refractivity contribution >= 4 is 65.0 Å². The molecule has 0 aromatic heterocycles. The van der Waals surface area contributed by atoms with Crippen LogP contribution >= 0.6 is 0 Å². The van der Waals surface area contributed by atoms with Crippen molar-refractivity contribution in [2.75, 3.05) is 55.9 Å². The van der Waals surface area contributed by atoms with Crippen molar-refractivity contribution in [3.63, 3.8) is 0 Å². The third-order valence-electron chi connectivity index (χ3n) is 16.2. The summed E-state index contributed by atoms with van der Waals surface area (Å²) in [6, 6.07) is -10.8. The molecule has 1 heterocycles. The average molecular weight is 1210 g/mol. The number of carbonyl (C=O) groups excluding carboxylic acids is 11. The molecule has 0 saturated carbocycles. The Kier molecular flexibility index (Phi) is 31.7. The van der Waals surface area contributed by atoms with Gasteiger partial charge in [0.2, 0.25) is 65.0 Å². The number of allylic oxidation sites excluding steroid dienone is 2. The molecule has 0 spiro atoms. The van der Waals surface area contributed by atoms with Crippen LogP contribution in [0.2, 0.25) is 0 Å². The number of likely N-dealkylation sites (N-methyl/N-ethyl adjacent to an activating group) is 7. The number of amides is 11.